The monoisotopic (exact) mass is 156 g/mol. The summed E-state index contributed by atoms with van der Waals surface area (Å²) in [6.45, 7) is -1.08. The summed E-state index contributed by atoms with van der Waals surface area (Å²) in [5.74, 6) is 0. The van der Waals surface area contributed by atoms with Crippen LogP contribution in [0, 0.1) is 0 Å². The first kappa shape index (κ1) is 3.28. The molecule has 0 unspecified atom stereocenters. The Kier molecular flexibility index (Phi) is 1.46. The predicted octanol–water partition coefficient (Wildman–Crippen LogP) is 2.00. The van der Waals surface area contributed by atoms with E-state index in [0.29, 0.717) is 0 Å². The van der Waals surface area contributed by atoms with Crippen LogP contribution in [0.4, 0.5) is 0 Å². The summed E-state index contributed by atoms with van der Waals surface area (Å²) < 4.78 is 45.6. The van der Waals surface area contributed by atoms with Gasteiger partial charge in [0, 0.05) is 14.8 Å². The van der Waals surface area contributed by atoms with Gasteiger partial charge in [0.15, 0.2) is 0 Å². The van der Waals surface area contributed by atoms with Crippen molar-refractivity contribution in [1.29, 1.82) is 0 Å². The number of aliphatic hydroxyl groups excluding tert-OH is 1. The molecule has 0 heterocycles. The Hall–Kier alpha value is -0.820. The van der Waals surface area contributed by atoms with Crippen molar-refractivity contribution in [3.05, 3.63) is 35.9 Å². The Morgan fingerprint density at radius 2 is 1.91 bits per heavy atom. The SMILES string of the molecule is [2H]C([2H])(CO)C([2H])([2H])C([2H])([2H])c1ccccc1. The molecule has 0 amide bonds. The standard InChI is InChI=1S/C10H14O/c11-9-5-4-8-10-6-2-1-3-7-10/h1-3,6-7,11H,4-5,8-9H2/i4D2,5D2,8D2. The molecule has 60 valence electrons. The zero-order chi connectivity index (χ0) is 13.3. The van der Waals surface area contributed by atoms with Gasteiger partial charge in [-0.3, -0.25) is 0 Å². The van der Waals surface area contributed by atoms with Gasteiger partial charge in [0.1, 0.15) is 0 Å². The third kappa shape index (κ3) is 3.19. The zero-order valence-corrected chi connectivity index (χ0v) is 6.04. The smallest absolute Gasteiger partial charge is 0.0431 e. The van der Waals surface area contributed by atoms with E-state index >= 15 is 0 Å². The van der Waals surface area contributed by atoms with E-state index in [1.807, 2.05) is 0 Å². The van der Waals surface area contributed by atoms with Crippen LogP contribution >= 0.6 is 0 Å². The maximum absolute atomic E-state index is 8.86. The average molecular weight is 156 g/mol. The van der Waals surface area contributed by atoms with E-state index in [0.717, 1.165) is 0 Å². The average Bonchev–Trinajstić information content (AvgIpc) is 2.29. The number of rotatable bonds is 4. The molecule has 0 aliphatic carbocycles. The summed E-state index contributed by atoms with van der Waals surface area (Å²) in [5.41, 5.74) is 0.0438. The summed E-state index contributed by atoms with van der Waals surface area (Å²) in [6, 6.07) is 7.56. The summed E-state index contributed by atoms with van der Waals surface area (Å²) >= 11 is 0. The second-order valence-corrected chi connectivity index (χ2v) is 1.95. The molecule has 1 aromatic rings. The second-order valence-electron chi connectivity index (χ2n) is 1.95. The highest BCUT2D eigenvalue weighted by molar-refractivity contribution is 5.14. The van der Waals surface area contributed by atoms with E-state index in [2.05, 4.69) is 0 Å². The third-order valence-electron chi connectivity index (χ3n) is 1.15. The van der Waals surface area contributed by atoms with Gasteiger partial charge in [-0.2, -0.15) is 0 Å². The van der Waals surface area contributed by atoms with Gasteiger partial charge in [-0.25, -0.2) is 0 Å². The summed E-state index contributed by atoms with van der Waals surface area (Å²) in [7, 11) is 0. The van der Waals surface area contributed by atoms with Crippen LogP contribution < -0.4 is 0 Å². The van der Waals surface area contributed by atoms with Gasteiger partial charge in [-0.1, -0.05) is 30.3 Å². The molecule has 0 aliphatic rings. The first-order valence-corrected chi connectivity index (χ1v) is 3.33. The third-order valence-corrected chi connectivity index (χ3v) is 1.15. The Bertz CT molecular complexity index is 376. The molecule has 1 heteroatoms. The van der Waals surface area contributed by atoms with Gasteiger partial charge in [0.25, 0.3) is 0 Å². The van der Waals surface area contributed by atoms with E-state index in [-0.39, 0.29) is 5.56 Å². The molecular formula is C10H14O. The van der Waals surface area contributed by atoms with E-state index in [4.69, 9.17) is 13.3 Å². The van der Waals surface area contributed by atoms with Crippen molar-refractivity contribution < 1.29 is 13.3 Å². The molecule has 0 saturated heterocycles. The van der Waals surface area contributed by atoms with Crippen LogP contribution in [-0.4, -0.2) is 11.7 Å². The molecule has 0 radical (unpaired) electrons. The Balaban J connectivity index is 3.22. The van der Waals surface area contributed by atoms with E-state index in [1.165, 1.54) is 12.1 Å². The second kappa shape index (κ2) is 4.91. The highest BCUT2D eigenvalue weighted by Gasteiger charge is 1.89. The first-order chi connectivity index (χ1) is 7.67. The minimum Gasteiger partial charge on any atom is -0.396 e. The lowest BCUT2D eigenvalue weighted by Crippen LogP contribution is -1.87. The number of hydrogen-bond acceptors (Lipinski definition) is 1. The topological polar surface area (TPSA) is 20.2 Å². The number of benzene rings is 1. The summed E-state index contributed by atoms with van der Waals surface area (Å²) in [4.78, 5) is 0. The van der Waals surface area contributed by atoms with Gasteiger partial charge >= 0.3 is 0 Å². The van der Waals surface area contributed by atoms with Crippen molar-refractivity contribution in [3.63, 3.8) is 0 Å². The highest BCUT2D eigenvalue weighted by atomic mass is 16.2. The van der Waals surface area contributed by atoms with Crippen LogP contribution in [0.15, 0.2) is 30.3 Å². The van der Waals surface area contributed by atoms with Crippen molar-refractivity contribution in [2.75, 3.05) is 6.61 Å². The fourth-order valence-corrected chi connectivity index (χ4v) is 0.677. The van der Waals surface area contributed by atoms with Gasteiger partial charge in [0.2, 0.25) is 0 Å². The van der Waals surface area contributed by atoms with E-state index in [9.17, 15) is 0 Å². The lowest BCUT2D eigenvalue weighted by molar-refractivity contribution is 0.284. The first-order valence-electron chi connectivity index (χ1n) is 6.33. The van der Waals surface area contributed by atoms with Crippen molar-refractivity contribution in [1.82, 2.24) is 0 Å². The molecule has 1 N–H and O–H groups in total. The lowest BCUT2D eigenvalue weighted by atomic mass is 10.1. The molecule has 1 aromatic carbocycles. The van der Waals surface area contributed by atoms with Crippen LogP contribution in [0.3, 0.4) is 0 Å². The highest BCUT2D eigenvalue weighted by Crippen LogP contribution is 2.03. The van der Waals surface area contributed by atoms with Crippen molar-refractivity contribution in [2.45, 2.75) is 19.1 Å². The fourth-order valence-electron chi connectivity index (χ4n) is 0.677. The largest absolute Gasteiger partial charge is 0.396 e. The molecule has 0 aromatic heterocycles. The Morgan fingerprint density at radius 1 is 1.18 bits per heavy atom. The maximum Gasteiger partial charge on any atom is 0.0431 e. The van der Waals surface area contributed by atoms with Crippen molar-refractivity contribution in [2.24, 2.45) is 0 Å². The van der Waals surface area contributed by atoms with E-state index in [1.54, 1.807) is 18.2 Å². The molecule has 0 spiro atoms. The van der Waals surface area contributed by atoms with Gasteiger partial charge in [-0.15, -0.1) is 0 Å². The number of aliphatic hydroxyl groups is 1. The minimum atomic E-state index is -2.84. The lowest BCUT2D eigenvalue weighted by Gasteiger charge is -1.97. The van der Waals surface area contributed by atoms with Crippen LogP contribution in [-0.2, 0) is 6.37 Å². The Morgan fingerprint density at radius 3 is 2.55 bits per heavy atom. The summed E-state index contributed by atoms with van der Waals surface area (Å²) in [6.07, 6.45) is -8.02. The molecule has 0 fully saturated rings. The molecule has 11 heavy (non-hydrogen) atoms. The molecule has 1 rings (SSSR count). The van der Waals surface area contributed by atoms with Crippen molar-refractivity contribution >= 4 is 0 Å². The van der Waals surface area contributed by atoms with Crippen LogP contribution in [0.2, 0.25) is 0 Å². The van der Waals surface area contributed by atoms with Crippen LogP contribution in [0.5, 0.6) is 0 Å². The maximum atomic E-state index is 8.86. The van der Waals surface area contributed by atoms with E-state index < -0.39 is 25.7 Å². The number of hydrogen-bond donors (Lipinski definition) is 1. The minimum absolute atomic E-state index is 0.0438. The molecule has 0 atom stereocenters. The zero-order valence-electron chi connectivity index (χ0n) is 12.0. The van der Waals surface area contributed by atoms with Crippen LogP contribution in [0.25, 0.3) is 0 Å². The molecular weight excluding hydrogens is 136 g/mol. The van der Waals surface area contributed by atoms with Gasteiger partial charge in [-0.05, 0) is 24.7 Å². The normalized spacial score (nSPS) is 21.9. The molecule has 0 aliphatic heterocycles. The van der Waals surface area contributed by atoms with Gasteiger partial charge in [0.05, 0.1) is 0 Å². The molecule has 1 nitrogen and oxygen atoms in total. The molecule has 0 bridgehead atoms. The van der Waals surface area contributed by atoms with Gasteiger partial charge < -0.3 is 5.11 Å². The molecule has 0 saturated carbocycles. The Labute approximate surface area is 76.1 Å². The number of aryl methyl sites for hydroxylation is 1. The fraction of sp³-hybridized carbons (Fsp3) is 0.400. The summed E-state index contributed by atoms with van der Waals surface area (Å²) in [5, 5.41) is 8.86. The van der Waals surface area contributed by atoms with Crippen molar-refractivity contribution in [3.8, 4) is 0 Å². The predicted molar refractivity (Wildman–Crippen MR) is 46.5 cm³/mol. The van der Waals surface area contributed by atoms with Crippen LogP contribution in [0.1, 0.15) is 26.5 Å². The quantitative estimate of drug-likeness (QED) is 0.707.